The summed E-state index contributed by atoms with van der Waals surface area (Å²) in [4.78, 5) is 15.0. The molecule has 3 rings (SSSR count). The fourth-order valence-electron chi connectivity index (χ4n) is 3.69. The van der Waals surface area contributed by atoms with Crippen molar-refractivity contribution >= 4 is 15.7 Å². The minimum Gasteiger partial charge on any atom is -0.381 e. The van der Waals surface area contributed by atoms with Gasteiger partial charge in [0, 0.05) is 26.3 Å². The highest BCUT2D eigenvalue weighted by Crippen LogP contribution is 2.37. The van der Waals surface area contributed by atoms with Gasteiger partial charge in [-0.05, 0) is 24.8 Å². The van der Waals surface area contributed by atoms with E-state index in [-0.39, 0.29) is 23.5 Å². The van der Waals surface area contributed by atoms with Gasteiger partial charge in [0.05, 0.1) is 16.9 Å². The highest BCUT2D eigenvalue weighted by molar-refractivity contribution is 7.91. The molecule has 126 valence electrons. The molecule has 1 aromatic carbocycles. The predicted octanol–water partition coefficient (Wildman–Crippen LogP) is 1.38. The summed E-state index contributed by atoms with van der Waals surface area (Å²) in [5, 5.41) is 0. The molecule has 0 aromatic heterocycles. The summed E-state index contributed by atoms with van der Waals surface area (Å²) in [5.74, 6) is 0.280. The zero-order valence-electron chi connectivity index (χ0n) is 13.4. The monoisotopic (exact) mass is 337 g/mol. The Bertz CT molecular complexity index is 665. The summed E-state index contributed by atoms with van der Waals surface area (Å²) in [6, 6.07) is 9.59. The van der Waals surface area contributed by atoms with Crippen LogP contribution < -0.4 is 0 Å². The van der Waals surface area contributed by atoms with E-state index in [2.05, 4.69) is 0 Å². The number of hydrogen-bond donors (Lipinski definition) is 0. The van der Waals surface area contributed by atoms with Crippen molar-refractivity contribution < 1.29 is 17.9 Å². The van der Waals surface area contributed by atoms with E-state index in [0.717, 1.165) is 5.56 Å². The van der Waals surface area contributed by atoms with Gasteiger partial charge in [-0.1, -0.05) is 30.3 Å². The van der Waals surface area contributed by atoms with Gasteiger partial charge in [0.2, 0.25) is 5.91 Å². The second-order valence-corrected chi connectivity index (χ2v) is 8.76. The summed E-state index contributed by atoms with van der Waals surface area (Å²) in [6.07, 6.45) is 1.81. The van der Waals surface area contributed by atoms with Crippen LogP contribution in [0.2, 0.25) is 0 Å². The Labute approximate surface area is 137 Å². The van der Waals surface area contributed by atoms with Gasteiger partial charge in [-0.2, -0.15) is 0 Å². The van der Waals surface area contributed by atoms with E-state index in [1.165, 1.54) is 0 Å². The molecule has 23 heavy (non-hydrogen) atoms. The molecule has 2 saturated heterocycles. The van der Waals surface area contributed by atoms with Crippen LogP contribution in [-0.2, 0) is 24.8 Å². The molecule has 1 amide bonds. The van der Waals surface area contributed by atoms with E-state index in [0.29, 0.717) is 32.5 Å². The number of nitrogens with zero attached hydrogens (tertiary/aromatic N) is 1. The molecule has 1 unspecified atom stereocenters. The van der Waals surface area contributed by atoms with Gasteiger partial charge < -0.3 is 9.64 Å². The van der Waals surface area contributed by atoms with Crippen molar-refractivity contribution in [2.24, 2.45) is 0 Å². The lowest BCUT2D eigenvalue weighted by molar-refractivity contribution is -0.141. The average molecular weight is 337 g/mol. The highest BCUT2D eigenvalue weighted by atomic mass is 32.2. The van der Waals surface area contributed by atoms with Crippen molar-refractivity contribution in [2.75, 3.05) is 31.8 Å². The van der Waals surface area contributed by atoms with Gasteiger partial charge in [-0.25, -0.2) is 8.42 Å². The topological polar surface area (TPSA) is 63.7 Å². The third kappa shape index (κ3) is 3.15. The van der Waals surface area contributed by atoms with Crippen LogP contribution in [0.15, 0.2) is 30.3 Å². The lowest BCUT2D eigenvalue weighted by Crippen LogP contribution is -2.52. The minimum absolute atomic E-state index is 0.0223. The number of likely N-dealkylation sites (N-methyl/N-ethyl adjacent to an activating group) is 1. The molecular weight excluding hydrogens is 314 g/mol. The molecule has 6 heteroatoms. The third-order valence-electron chi connectivity index (χ3n) is 5.16. The molecule has 2 aliphatic heterocycles. The van der Waals surface area contributed by atoms with Crippen molar-refractivity contribution in [3.8, 4) is 0 Å². The summed E-state index contributed by atoms with van der Waals surface area (Å²) in [7, 11) is -1.26. The minimum atomic E-state index is -3.01. The number of carbonyl (C=O) groups is 1. The maximum atomic E-state index is 13.3. The van der Waals surface area contributed by atoms with Gasteiger partial charge in [-0.15, -0.1) is 0 Å². The van der Waals surface area contributed by atoms with Crippen LogP contribution in [0.5, 0.6) is 0 Å². The zero-order valence-corrected chi connectivity index (χ0v) is 14.2. The molecule has 1 atom stereocenters. The van der Waals surface area contributed by atoms with E-state index in [9.17, 15) is 13.2 Å². The van der Waals surface area contributed by atoms with E-state index in [4.69, 9.17) is 4.74 Å². The Balaban J connectivity index is 1.89. The zero-order chi connectivity index (χ0) is 16.5. The first-order chi connectivity index (χ1) is 10.9. The Morgan fingerprint density at radius 2 is 1.87 bits per heavy atom. The maximum Gasteiger partial charge on any atom is 0.233 e. The molecule has 5 nitrogen and oxygen atoms in total. The van der Waals surface area contributed by atoms with Crippen LogP contribution >= 0.6 is 0 Å². The van der Waals surface area contributed by atoms with Gasteiger partial charge in [0.25, 0.3) is 0 Å². The quantitative estimate of drug-likeness (QED) is 0.836. The van der Waals surface area contributed by atoms with Gasteiger partial charge >= 0.3 is 0 Å². The SMILES string of the molecule is CN(C(=O)C1(c2ccccc2)CCOCC1)C1CCS(=O)(=O)C1. The number of ether oxygens (including phenoxy) is 1. The van der Waals surface area contributed by atoms with Crippen LogP contribution in [0.4, 0.5) is 0 Å². The van der Waals surface area contributed by atoms with Crippen LogP contribution in [0.1, 0.15) is 24.8 Å². The third-order valence-corrected chi connectivity index (χ3v) is 6.91. The summed E-state index contributed by atoms with van der Waals surface area (Å²) in [5.41, 5.74) is 0.404. The number of rotatable bonds is 3. The van der Waals surface area contributed by atoms with E-state index < -0.39 is 15.3 Å². The second kappa shape index (κ2) is 6.24. The van der Waals surface area contributed by atoms with Crippen molar-refractivity contribution in [3.63, 3.8) is 0 Å². The van der Waals surface area contributed by atoms with Gasteiger partial charge in [0.1, 0.15) is 0 Å². The van der Waals surface area contributed by atoms with Crippen LogP contribution in [0, 0.1) is 0 Å². The summed E-state index contributed by atoms with van der Waals surface area (Å²) in [6.45, 7) is 1.11. The van der Waals surface area contributed by atoms with Crippen LogP contribution in [0.25, 0.3) is 0 Å². The smallest absolute Gasteiger partial charge is 0.233 e. The summed E-state index contributed by atoms with van der Waals surface area (Å²) >= 11 is 0. The van der Waals surface area contributed by atoms with E-state index >= 15 is 0 Å². The van der Waals surface area contributed by atoms with Crippen molar-refractivity contribution in [3.05, 3.63) is 35.9 Å². The number of hydrogen-bond acceptors (Lipinski definition) is 4. The standard InChI is InChI=1S/C17H23NO4S/c1-18(15-7-12-23(20,21)13-15)16(19)17(8-10-22-11-9-17)14-5-3-2-4-6-14/h2-6,15H,7-13H2,1H3. The molecule has 0 N–H and O–H groups in total. The van der Waals surface area contributed by atoms with Gasteiger partial charge in [0.15, 0.2) is 9.84 Å². The fourth-order valence-corrected chi connectivity index (χ4v) is 5.46. The van der Waals surface area contributed by atoms with E-state index in [1.54, 1.807) is 11.9 Å². The number of amides is 1. The second-order valence-electron chi connectivity index (χ2n) is 6.53. The van der Waals surface area contributed by atoms with E-state index in [1.807, 2.05) is 30.3 Å². The summed E-state index contributed by atoms with van der Waals surface area (Å²) < 4.78 is 28.9. The number of sulfone groups is 1. The molecule has 2 fully saturated rings. The van der Waals surface area contributed by atoms with Crippen molar-refractivity contribution in [2.45, 2.75) is 30.7 Å². The largest absolute Gasteiger partial charge is 0.381 e. The average Bonchev–Trinajstić information content (AvgIpc) is 2.95. The number of carbonyl (C=O) groups excluding carboxylic acids is 1. The van der Waals surface area contributed by atoms with Crippen molar-refractivity contribution in [1.29, 1.82) is 0 Å². The molecule has 2 aliphatic rings. The number of benzene rings is 1. The Hall–Kier alpha value is -1.40. The molecule has 1 aromatic rings. The first-order valence-electron chi connectivity index (χ1n) is 8.06. The van der Waals surface area contributed by atoms with Crippen LogP contribution in [0.3, 0.4) is 0 Å². The van der Waals surface area contributed by atoms with Crippen LogP contribution in [-0.4, -0.2) is 57.0 Å². The fraction of sp³-hybridized carbons (Fsp3) is 0.588. The lowest BCUT2D eigenvalue weighted by atomic mass is 9.73. The predicted molar refractivity (Wildman–Crippen MR) is 88.0 cm³/mol. The lowest BCUT2D eigenvalue weighted by Gasteiger charge is -2.40. The highest BCUT2D eigenvalue weighted by Gasteiger charge is 2.45. The molecule has 2 heterocycles. The van der Waals surface area contributed by atoms with Crippen molar-refractivity contribution in [1.82, 2.24) is 4.90 Å². The molecule has 0 spiro atoms. The normalized spacial score (nSPS) is 25.9. The Morgan fingerprint density at radius 3 is 2.43 bits per heavy atom. The molecule has 0 radical (unpaired) electrons. The Kier molecular flexibility index (Phi) is 4.47. The first-order valence-corrected chi connectivity index (χ1v) is 9.88. The molecule has 0 saturated carbocycles. The molecule has 0 aliphatic carbocycles. The van der Waals surface area contributed by atoms with Gasteiger partial charge in [-0.3, -0.25) is 4.79 Å². The molecular formula is C17H23NO4S. The Morgan fingerprint density at radius 1 is 1.22 bits per heavy atom. The maximum absolute atomic E-state index is 13.3. The molecule has 0 bridgehead atoms. The first kappa shape index (κ1) is 16.5.